The molecule has 0 unspecified atom stereocenters. The van der Waals surface area contributed by atoms with Crippen LogP contribution in [0.2, 0.25) is 0 Å². The molecule has 7 rings (SSSR count). The van der Waals surface area contributed by atoms with Gasteiger partial charge in [-0.15, -0.1) is 0 Å². The van der Waals surface area contributed by atoms with E-state index >= 15 is 0 Å². The van der Waals surface area contributed by atoms with Crippen molar-refractivity contribution in [1.82, 2.24) is 4.90 Å². The number of fused-ring (bicyclic) bond motifs is 5. The summed E-state index contributed by atoms with van der Waals surface area (Å²) < 4.78 is 22.9. The van der Waals surface area contributed by atoms with Crippen molar-refractivity contribution in [2.75, 3.05) is 39.3 Å². The second-order valence-electron chi connectivity index (χ2n) is 13.8. The molecule has 46 heavy (non-hydrogen) atoms. The number of para-hydroxylation sites is 1. The lowest BCUT2D eigenvalue weighted by molar-refractivity contribution is -0.173. The van der Waals surface area contributed by atoms with Gasteiger partial charge >= 0.3 is 5.97 Å². The van der Waals surface area contributed by atoms with Crippen molar-refractivity contribution in [2.24, 2.45) is 17.3 Å². The minimum atomic E-state index is -0.661. The van der Waals surface area contributed by atoms with E-state index in [9.17, 15) is 9.59 Å². The molecular weight excluding hydrogens is 580 g/mol. The summed E-state index contributed by atoms with van der Waals surface area (Å²) in [4.78, 5) is 33.0. The van der Waals surface area contributed by atoms with E-state index in [0.29, 0.717) is 13.2 Å². The summed E-state index contributed by atoms with van der Waals surface area (Å²) in [5.41, 5.74) is 3.38. The van der Waals surface area contributed by atoms with Crippen molar-refractivity contribution in [3.8, 4) is 11.5 Å². The SMILES string of the molecule is COC(=O)[C@H]1[C@@H](OCc2cccc(OC)c2)CC[C@@]2(C)CN3CC[C@@]4(C(=O)N(Cc5cccc(OC)c5)c5ccccc54)[C@@H]3C[C@H]12. The molecule has 3 aromatic rings. The first-order valence-corrected chi connectivity index (χ1v) is 16.4. The highest BCUT2D eigenvalue weighted by Gasteiger charge is 2.65. The minimum Gasteiger partial charge on any atom is -0.497 e. The van der Waals surface area contributed by atoms with Crippen molar-refractivity contribution in [1.29, 1.82) is 0 Å². The molecule has 1 saturated carbocycles. The van der Waals surface area contributed by atoms with Crippen molar-refractivity contribution in [3.63, 3.8) is 0 Å². The Morgan fingerprint density at radius 1 is 0.913 bits per heavy atom. The lowest BCUT2D eigenvalue weighted by Crippen LogP contribution is -2.62. The van der Waals surface area contributed by atoms with Crippen molar-refractivity contribution >= 4 is 17.6 Å². The largest absolute Gasteiger partial charge is 0.497 e. The molecule has 3 fully saturated rings. The van der Waals surface area contributed by atoms with Gasteiger partial charge in [-0.25, -0.2) is 0 Å². The Morgan fingerprint density at radius 3 is 2.37 bits per heavy atom. The Hall–Kier alpha value is -3.88. The van der Waals surface area contributed by atoms with Gasteiger partial charge in [-0.1, -0.05) is 49.4 Å². The molecule has 3 heterocycles. The van der Waals surface area contributed by atoms with Crippen LogP contribution >= 0.6 is 0 Å². The number of ether oxygens (including phenoxy) is 4. The number of hydrogen-bond donors (Lipinski definition) is 0. The van der Waals surface area contributed by atoms with E-state index in [2.05, 4.69) is 30.0 Å². The number of methoxy groups -OCH3 is 3. The molecule has 242 valence electrons. The third kappa shape index (κ3) is 4.97. The normalized spacial score (nSPS) is 30.1. The highest BCUT2D eigenvalue weighted by Crippen LogP contribution is 2.59. The zero-order valence-electron chi connectivity index (χ0n) is 27.2. The fraction of sp³-hybridized carbons (Fsp3) is 0.474. The van der Waals surface area contributed by atoms with Crippen LogP contribution in [0.15, 0.2) is 72.8 Å². The number of nitrogens with zero attached hydrogens (tertiary/aromatic N) is 2. The molecule has 8 nitrogen and oxygen atoms in total. The summed E-state index contributed by atoms with van der Waals surface area (Å²) in [5, 5.41) is 0. The van der Waals surface area contributed by atoms with Crippen LogP contribution in [0.1, 0.15) is 49.3 Å². The maximum Gasteiger partial charge on any atom is 0.311 e. The highest BCUT2D eigenvalue weighted by molar-refractivity contribution is 6.09. The maximum absolute atomic E-state index is 14.8. The molecule has 0 aromatic heterocycles. The molecule has 1 spiro atoms. The topological polar surface area (TPSA) is 77.5 Å². The minimum absolute atomic E-state index is 0.0150. The Bertz CT molecular complexity index is 1630. The number of anilines is 1. The van der Waals surface area contributed by atoms with Gasteiger partial charge in [-0.05, 0) is 90.6 Å². The number of rotatable bonds is 8. The van der Waals surface area contributed by atoms with Gasteiger partial charge in [0.25, 0.3) is 0 Å². The Labute approximate surface area is 271 Å². The summed E-state index contributed by atoms with van der Waals surface area (Å²) in [6.45, 7) is 4.91. The van der Waals surface area contributed by atoms with Gasteiger partial charge in [-0.3, -0.25) is 14.5 Å². The molecule has 2 saturated heterocycles. The lowest BCUT2D eigenvalue weighted by atomic mass is 9.55. The fourth-order valence-electron chi connectivity index (χ4n) is 9.19. The second kappa shape index (κ2) is 12.0. The van der Waals surface area contributed by atoms with Gasteiger partial charge in [0.2, 0.25) is 5.91 Å². The van der Waals surface area contributed by atoms with Crippen LogP contribution < -0.4 is 14.4 Å². The fourth-order valence-corrected chi connectivity index (χ4v) is 9.19. The Morgan fingerprint density at radius 2 is 1.63 bits per heavy atom. The molecule has 8 heteroatoms. The third-order valence-corrected chi connectivity index (χ3v) is 11.4. The summed E-state index contributed by atoms with van der Waals surface area (Å²) in [5.74, 6) is 1.11. The van der Waals surface area contributed by atoms with Crippen molar-refractivity contribution in [3.05, 3.63) is 89.5 Å². The first kappa shape index (κ1) is 30.8. The summed E-state index contributed by atoms with van der Waals surface area (Å²) >= 11 is 0. The van der Waals surface area contributed by atoms with Crippen LogP contribution in [0, 0.1) is 17.3 Å². The van der Waals surface area contributed by atoms with Crippen LogP contribution in [-0.2, 0) is 37.6 Å². The van der Waals surface area contributed by atoms with Crippen LogP contribution in [0.3, 0.4) is 0 Å². The number of piperidine rings is 1. The summed E-state index contributed by atoms with van der Waals surface area (Å²) in [6, 6.07) is 24.1. The molecule has 4 aliphatic rings. The second-order valence-corrected chi connectivity index (χ2v) is 13.8. The first-order chi connectivity index (χ1) is 22.3. The van der Waals surface area contributed by atoms with Crippen LogP contribution in [0.25, 0.3) is 0 Å². The average Bonchev–Trinajstić information content (AvgIpc) is 3.56. The molecule has 1 amide bonds. The standard InChI is InChI=1S/C38H44N2O6/c1-37-16-15-32(46-23-26-10-8-12-28(20-26)44-3)34(35(41)45-4)30(37)21-33-38(17-18-39(33)24-37)29-13-5-6-14-31(29)40(36(38)42)22-25-9-7-11-27(19-25)43-2/h5-14,19-20,30,32-34H,15-18,21-24H2,1-4H3/t30-,32+,33+,34-,37+,38+/m1/s1. The average molecular weight is 625 g/mol. The van der Waals surface area contributed by atoms with Crippen molar-refractivity contribution < 1.29 is 28.5 Å². The molecule has 3 aromatic carbocycles. The van der Waals surface area contributed by atoms with E-state index in [1.807, 2.05) is 59.5 Å². The Kier molecular flexibility index (Phi) is 8.06. The van der Waals surface area contributed by atoms with Gasteiger partial charge in [0.05, 0.1) is 51.9 Å². The van der Waals surface area contributed by atoms with E-state index in [0.717, 1.165) is 72.6 Å². The van der Waals surface area contributed by atoms with Gasteiger partial charge in [0, 0.05) is 18.3 Å². The van der Waals surface area contributed by atoms with Crippen molar-refractivity contribution in [2.45, 2.75) is 63.3 Å². The quantitative estimate of drug-likeness (QED) is 0.295. The van der Waals surface area contributed by atoms with E-state index in [1.165, 1.54) is 7.11 Å². The summed E-state index contributed by atoms with van der Waals surface area (Å²) in [6.07, 6.45) is 2.98. The van der Waals surface area contributed by atoms with Gasteiger partial charge in [0.15, 0.2) is 0 Å². The smallest absolute Gasteiger partial charge is 0.311 e. The predicted molar refractivity (Wildman–Crippen MR) is 175 cm³/mol. The predicted octanol–water partition coefficient (Wildman–Crippen LogP) is 5.76. The van der Waals surface area contributed by atoms with E-state index < -0.39 is 11.3 Å². The van der Waals surface area contributed by atoms with Crippen LogP contribution in [-0.4, -0.2) is 63.3 Å². The highest BCUT2D eigenvalue weighted by atomic mass is 16.5. The zero-order valence-corrected chi connectivity index (χ0v) is 27.2. The molecule has 0 N–H and O–H groups in total. The third-order valence-electron chi connectivity index (χ3n) is 11.4. The molecule has 1 aliphatic carbocycles. The monoisotopic (exact) mass is 624 g/mol. The van der Waals surface area contributed by atoms with Gasteiger partial charge in [0.1, 0.15) is 11.5 Å². The number of esters is 1. The zero-order chi connectivity index (χ0) is 32.1. The van der Waals surface area contributed by atoms with Crippen LogP contribution in [0.4, 0.5) is 5.69 Å². The van der Waals surface area contributed by atoms with Gasteiger partial charge < -0.3 is 23.8 Å². The molecule has 3 aliphatic heterocycles. The number of carbonyl (C=O) groups excluding carboxylic acids is 2. The van der Waals surface area contributed by atoms with Crippen LogP contribution in [0.5, 0.6) is 11.5 Å². The maximum atomic E-state index is 14.8. The van der Waals surface area contributed by atoms with E-state index in [4.69, 9.17) is 18.9 Å². The molecular formula is C38H44N2O6. The summed E-state index contributed by atoms with van der Waals surface area (Å²) in [7, 11) is 4.80. The number of hydrogen-bond acceptors (Lipinski definition) is 7. The number of carbonyl (C=O) groups is 2. The molecule has 0 radical (unpaired) electrons. The van der Waals surface area contributed by atoms with E-state index in [1.54, 1.807) is 14.2 Å². The Balaban J connectivity index is 1.20. The first-order valence-electron chi connectivity index (χ1n) is 16.4. The molecule has 0 bridgehead atoms. The number of amides is 1. The van der Waals surface area contributed by atoms with E-state index in [-0.39, 0.29) is 35.4 Å². The molecule has 6 atom stereocenters. The van der Waals surface area contributed by atoms with Gasteiger partial charge in [-0.2, -0.15) is 0 Å². The number of benzene rings is 3. The lowest BCUT2D eigenvalue weighted by Gasteiger charge is -2.56.